The van der Waals surface area contributed by atoms with Gasteiger partial charge in [0.2, 0.25) is 5.91 Å². The van der Waals surface area contributed by atoms with Crippen molar-refractivity contribution in [2.45, 2.75) is 38.7 Å². The molecule has 0 spiro atoms. The van der Waals surface area contributed by atoms with Crippen LogP contribution in [0, 0.1) is 5.92 Å². The van der Waals surface area contributed by atoms with Crippen LogP contribution in [0.15, 0.2) is 18.3 Å². The quantitative estimate of drug-likeness (QED) is 0.800. The fraction of sp³-hybridized carbons (Fsp3) is 0.632. The Kier molecular flexibility index (Phi) is 6.08. The molecule has 3 heterocycles. The van der Waals surface area contributed by atoms with Crippen LogP contribution in [0.2, 0.25) is 0 Å². The Morgan fingerprint density at radius 2 is 2.12 bits per heavy atom. The van der Waals surface area contributed by atoms with Gasteiger partial charge in [-0.25, -0.2) is 4.98 Å². The zero-order valence-electron chi connectivity index (χ0n) is 15.4. The van der Waals surface area contributed by atoms with Crippen molar-refractivity contribution in [3.63, 3.8) is 0 Å². The van der Waals surface area contributed by atoms with Gasteiger partial charge in [0.05, 0.1) is 11.7 Å². The van der Waals surface area contributed by atoms with Gasteiger partial charge in [0.25, 0.3) is 5.91 Å². The number of carbonyl (C=O) groups excluding carboxylic acids is 2. The average Bonchev–Trinajstić information content (AvgIpc) is 3.05. The highest BCUT2D eigenvalue weighted by molar-refractivity contribution is 5.94. The maximum absolute atomic E-state index is 12.6. The van der Waals surface area contributed by atoms with E-state index in [0.717, 1.165) is 45.4 Å². The molecule has 142 valence electrons. The van der Waals surface area contributed by atoms with E-state index in [1.807, 2.05) is 9.80 Å². The minimum absolute atomic E-state index is 0.00951. The number of aliphatic hydroxyl groups is 1. The highest BCUT2D eigenvalue weighted by Gasteiger charge is 2.28. The zero-order chi connectivity index (χ0) is 18.5. The maximum Gasteiger partial charge on any atom is 0.255 e. The van der Waals surface area contributed by atoms with Crippen LogP contribution in [-0.4, -0.2) is 70.5 Å². The topological polar surface area (TPSA) is 85.8 Å². The molecule has 1 aromatic rings. The summed E-state index contributed by atoms with van der Waals surface area (Å²) in [7, 11) is 0. The van der Waals surface area contributed by atoms with E-state index in [2.05, 4.69) is 10.3 Å². The van der Waals surface area contributed by atoms with E-state index in [9.17, 15) is 14.7 Å². The minimum atomic E-state index is -0.449. The Labute approximate surface area is 154 Å². The second-order valence-corrected chi connectivity index (χ2v) is 7.34. The van der Waals surface area contributed by atoms with Crippen molar-refractivity contribution in [2.75, 3.05) is 38.0 Å². The lowest BCUT2D eigenvalue weighted by Crippen LogP contribution is -2.41. The summed E-state index contributed by atoms with van der Waals surface area (Å²) in [5.74, 6) is 1.43. The van der Waals surface area contributed by atoms with Gasteiger partial charge in [0.1, 0.15) is 5.82 Å². The predicted molar refractivity (Wildman–Crippen MR) is 98.8 cm³/mol. The number of piperidine rings is 1. The van der Waals surface area contributed by atoms with E-state index in [-0.39, 0.29) is 11.8 Å². The van der Waals surface area contributed by atoms with Crippen LogP contribution >= 0.6 is 0 Å². The van der Waals surface area contributed by atoms with E-state index in [0.29, 0.717) is 30.3 Å². The van der Waals surface area contributed by atoms with Crippen molar-refractivity contribution >= 4 is 17.6 Å². The first-order valence-electron chi connectivity index (χ1n) is 9.48. The molecule has 1 unspecified atom stereocenters. The lowest BCUT2D eigenvalue weighted by molar-refractivity contribution is -0.128. The van der Waals surface area contributed by atoms with Gasteiger partial charge in [-0.1, -0.05) is 0 Å². The Hall–Kier alpha value is -2.15. The van der Waals surface area contributed by atoms with Crippen LogP contribution in [0.25, 0.3) is 0 Å². The second kappa shape index (κ2) is 8.49. The smallest absolute Gasteiger partial charge is 0.255 e. The number of carbonyl (C=O) groups is 2. The Morgan fingerprint density at radius 1 is 1.35 bits per heavy atom. The number of rotatable bonds is 6. The van der Waals surface area contributed by atoms with Crippen molar-refractivity contribution in [3.8, 4) is 0 Å². The summed E-state index contributed by atoms with van der Waals surface area (Å²) in [6.07, 6.45) is 4.68. The molecule has 0 saturated carbocycles. The molecule has 2 fully saturated rings. The summed E-state index contributed by atoms with van der Waals surface area (Å²) in [5.41, 5.74) is 0.584. The van der Waals surface area contributed by atoms with Gasteiger partial charge >= 0.3 is 0 Å². The molecule has 7 heteroatoms. The van der Waals surface area contributed by atoms with Gasteiger partial charge < -0.3 is 20.2 Å². The van der Waals surface area contributed by atoms with Crippen molar-refractivity contribution < 1.29 is 14.7 Å². The molecule has 2 saturated heterocycles. The third-order valence-electron chi connectivity index (χ3n) is 5.14. The van der Waals surface area contributed by atoms with Crippen LogP contribution in [0.1, 0.15) is 43.0 Å². The third kappa shape index (κ3) is 4.72. The highest BCUT2D eigenvalue weighted by atomic mass is 16.3. The third-order valence-corrected chi connectivity index (χ3v) is 5.14. The Balaban J connectivity index is 1.47. The van der Waals surface area contributed by atoms with E-state index in [1.54, 1.807) is 25.3 Å². The van der Waals surface area contributed by atoms with Gasteiger partial charge in [-0.2, -0.15) is 0 Å². The average molecular weight is 360 g/mol. The summed E-state index contributed by atoms with van der Waals surface area (Å²) >= 11 is 0. The van der Waals surface area contributed by atoms with Gasteiger partial charge in [-0.3, -0.25) is 9.59 Å². The SMILES string of the molecule is CC(O)CNc1ccc(C(=O)N2CCC(CN3CCCC3=O)CC2)cn1. The zero-order valence-corrected chi connectivity index (χ0v) is 15.4. The number of hydrogen-bond donors (Lipinski definition) is 2. The van der Waals surface area contributed by atoms with Crippen LogP contribution in [0.4, 0.5) is 5.82 Å². The normalized spacial score (nSPS) is 19.7. The number of aromatic nitrogens is 1. The molecule has 0 radical (unpaired) electrons. The predicted octanol–water partition coefficient (Wildman–Crippen LogP) is 1.35. The van der Waals surface area contributed by atoms with Crippen LogP contribution in [0.5, 0.6) is 0 Å². The number of pyridine rings is 1. The van der Waals surface area contributed by atoms with Gasteiger partial charge in [-0.15, -0.1) is 0 Å². The molecule has 2 aliphatic heterocycles. The first-order valence-corrected chi connectivity index (χ1v) is 9.48. The van der Waals surface area contributed by atoms with Gasteiger partial charge in [0, 0.05) is 45.3 Å². The van der Waals surface area contributed by atoms with Crippen molar-refractivity contribution in [1.29, 1.82) is 0 Å². The van der Waals surface area contributed by atoms with E-state index < -0.39 is 6.10 Å². The van der Waals surface area contributed by atoms with E-state index >= 15 is 0 Å². The van der Waals surface area contributed by atoms with Crippen LogP contribution in [0.3, 0.4) is 0 Å². The van der Waals surface area contributed by atoms with Crippen molar-refractivity contribution in [3.05, 3.63) is 23.9 Å². The largest absolute Gasteiger partial charge is 0.392 e. The van der Waals surface area contributed by atoms with Gasteiger partial charge in [0.15, 0.2) is 0 Å². The molecule has 0 aromatic carbocycles. The summed E-state index contributed by atoms with van der Waals surface area (Å²) in [6, 6.07) is 3.54. The molecule has 3 rings (SSSR count). The number of likely N-dealkylation sites (tertiary alicyclic amines) is 2. The van der Waals surface area contributed by atoms with E-state index in [1.165, 1.54) is 0 Å². The molecular weight excluding hydrogens is 332 g/mol. The molecule has 0 bridgehead atoms. The first-order chi connectivity index (χ1) is 12.5. The van der Waals surface area contributed by atoms with Crippen LogP contribution < -0.4 is 5.32 Å². The lowest BCUT2D eigenvalue weighted by atomic mass is 9.96. The molecule has 2 amide bonds. The number of hydrogen-bond acceptors (Lipinski definition) is 5. The number of nitrogens with zero attached hydrogens (tertiary/aromatic N) is 3. The molecule has 7 nitrogen and oxygen atoms in total. The number of amides is 2. The monoisotopic (exact) mass is 360 g/mol. The number of aliphatic hydroxyl groups excluding tert-OH is 1. The number of anilines is 1. The maximum atomic E-state index is 12.6. The van der Waals surface area contributed by atoms with E-state index in [4.69, 9.17) is 0 Å². The molecule has 2 N–H and O–H groups in total. The molecule has 0 aliphatic carbocycles. The van der Waals surface area contributed by atoms with Crippen molar-refractivity contribution in [1.82, 2.24) is 14.8 Å². The lowest BCUT2D eigenvalue weighted by Gasteiger charge is -2.34. The summed E-state index contributed by atoms with van der Waals surface area (Å²) < 4.78 is 0. The molecular formula is C19H28N4O3. The molecule has 26 heavy (non-hydrogen) atoms. The fourth-order valence-corrected chi connectivity index (χ4v) is 3.59. The summed E-state index contributed by atoms with van der Waals surface area (Å²) in [4.78, 5) is 32.5. The fourth-order valence-electron chi connectivity index (χ4n) is 3.59. The standard InChI is InChI=1S/C19H28N4O3/c1-14(24)11-20-17-5-4-16(12-21-17)19(26)22-9-6-15(7-10-22)13-23-8-2-3-18(23)25/h4-5,12,14-15,24H,2-3,6-11,13H2,1H3,(H,20,21). The Morgan fingerprint density at radius 3 is 2.69 bits per heavy atom. The number of nitrogens with one attached hydrogen (secondary N) is 1. The Bertz CT molecular complexity index is 624. The van der Waals surface area contributed by atoms with Crippen molar-refractivity contribution in [2.24, 2.45) is 5.92 Å². The first kappa shape index (κ1) is 18.6. The summed E-state index contributed by atoms with van der Waals surface area (Å²) in [6.45, 7) is 5.31. The second-order valence-electron chi connectivity index (χ2n) is 7.34. The summed E-state index contributed by atoms with van der Waals surface area (Å²) in [5, 5.41) is 12.3. The molecule has 1 atom stereocenters. The molecule has 1 aromatic heterocycles. The minimum Gasteiger partial charge on any atom is -0.392 e. The highest BCUT2D eigenvalue weighted by Crippen LogP contribution is 2.22. The molecule has 2 aliphatic rings. The van der Waals surface area contributed by atoms with Gasteiger partial charge in [-0.05, 0) is 44.2 Å². The van der Waals surface area contributed by atoms with Crippen LogP contribution in [-0.2, 0) is 4.79 Å².